The van der Waals surface area contributed by atoms with Crippen molar-refractivity contribution in [1.82, 2.24) is 10.2 Å². The Morgan fingerprint density at radius 2 is 1.91 bits per heavy atom. The number of amides is 1. The summed E-state index contributed by atoms with van der Waals surface area (Å²) in [6.45, 7) is 14.6. The van der Waals surface area contributed by atoms with Crippen LogP contribution in [-0.4, -0.2) is 81.2 Å². The van der Waals surface area contributed by atoms with Gasteiger partial charge in [-0.25, -0.2) is 4.79 Å². The molecule has 0 aromatic carbocycles. The predicted molar refractivity (Wildman–Crippen MR) is 124 cm³/mol. The first-order valence-corrected chi connectivity index (χ1v) is 14.3. The highest BCUT2D eigenvalue weighted by molar-refractivity contribution is 6.74. The van der Waals surface area contributed by atoms with E-state index in [0.717, 1.165) is 12.8 Å². The van der Waals surface area contributed by atoms with Crippen LogP contribution < -0.4 is 5.32 Å². The normalized spacial score (nSPS) is 20.2. The number of unbranched alkanes of at least 4 members (excludes halogenated alkanes) is 1. The molecule has 3 unspecified atom stereocenters. The first kappa shape index (κ1) is 28.3. The van der Waals surface area contributed by atoms with Gasteiger partial charge in [-0.05, 0) is 37.9 Å². The van der Waals surface area contributed by atoms with Crippen molar-refractivity contribution in [2.24, 2.45) is 0 Å². The highest BCUT2D eigenvalue weighted by Gasteiger charge is 2.47. The fraction of sp³-hybridized carbons (Fsp3) is 0.905. The van der Waals surface area contributed by atoms with Crippen LogP contribution >= 0.6 is 0 Å². The third-order valence-electron chi connectivity index (χ3n) is 6.15. The fourth-order valence-corrected chi connectivity index (χ4v) is 4.75. The lowest BCUT2D eigenvalue weighted by Gasteiger charge is -2.38. The minimum absolute atomic E-state index is 0.0139. The van der Waals surface area contributed by atoms with Crippen molar-refractivity contribution in [1.29, 1.82) is 0 Å². The van der Waals surface area contributed by atoms with Gasteiger partial charge >= 0.3 is 12.1 Å². The third-order valence-corrected chi connectivity index (χ3v) is 10.7. The quantitative estimate of drug-likeness (QED) is 0.150. The number of carbonyl (C=O) groups excluding carboxylic acids is 2. The van der Waals surface area contributed by atoms with Crippen molar-refractivity contribution >= 4 is 20.4 Å². The summed E-state index contributed by atoms with van der Waals surface area (Å²) in [6, 6.07) is -1.26. The minimum Gasteiger partial charge on any atom is -0.465 e. The van der Waals surface area contributed by atoms with Gasteiger partial charge < -0.3 is 18.8 Å². The number of nitrogens with zero attached hydrogens (tertiary/aromatic N) is 2. The zero-order chi connectivity index (χ0) is 24.5. The summed E-state index contributed by atoms with van der Waals surface area (Å²) < 4.78 is 16.9. The van der Waals surface area contributed by atoms with Gasteiger partial charge in [-0.15, -0.1) is 0 Å². The fourth-order valence-electron chi connectivity index (χ4n) is 3.39. The lowest BCUT2D eigenvalue weighted by atomic mass is 10.0. The highest BCUT2D eigenvalue weighted by Crippen LogP contribution is 2.39. The topological polar surface area (TPSA) is 120 Å². The number of carbonyl (C=O) groups is 2. The van der Waals surface area contributed by atoms with Crippen LogP contribution in [0, 0.1) is 10.1 Å². The number of likely N-dealkylation sites (tertiary alicyclic amines) is 1. The molecular weight excluding hydrogens is 434 g/mol. The molecular formula is C21H41N3O7Si. The van der Waals surface area contributed by atoms with Crippen LogP contribution in [0.2, 0.25) is 18.1 Å². The molecule has 0 aromatic rings. The number of rotatable bonds is 12. The van der Waals surface area contributed by atoms with E-state index in [1.807, 2.05) is 6.92 Å². The van der Waals surface area contributed by atoms with E-state index in [1.165, 1.54) is 4.90 Å². The van der Waals surface area contributed by atoms with Crippen molar-refractivity contribution in [2.45, 2.75) is 90.2 Å². The van der Waals surface area contributed by atoms with Crippen molar-refractivity contribution in [3.63, 3.8) is 0 Å². The zero-order valence-electron chi connectivity index (χ0n) is 20.6. The Balaban J connectivity index is 3.06. The molecule has 10 nitrogen and oxygen atoms in total. The molecule has 186 valence electrons. The van der Waals surface area contributed by atoms with Crippen molar-refractivity contribution in [2.75, 3.05) is 32.8 Å². The number of hydrogen-bond donors (Lipinski definition) is 1. The maximum atomic E-state index is 12.8. The Kier molecular flexibility index (Phi) is 11.1. The Morgan fingerprint density at radius 3 is 2.44 bits per heavy atom. The van der Waals surface area contributed by atoms with Gasteiger partial charge in [0.05, 0.1) is 37.9 Å². The molecule has 1 amide bonds. The molecule has 0 bridgehead atoms. The molecule has 1 saturated heterocycles. The Bertz CT molecular complexity index is 639. The molecule has 32 heavy (non-hydrogen) atoms. The van der Waals surface area contributed by atoms with E-state index in [4.69, 9.17) is 13.9 Å². The molecule has 1 rings (SSSR count). The summed E-state index contributed by atoms with van der Waals surface area (Å²) in [5, 5.41) is 14.3. The van der Waals surface area contributed by atoms with Crippen molar-refractivity contribution < 1.29 is 28.4 Å². The molecule has 0 radical (unpaired) electrons. The smallest absolute Gasteiger partial charge is 0.410 e. The molecule has 1 N–H and O–H groups in total. The number of esters is 1. The summed E-state index contributed by atoms with van der Waals surface area (Å²) in [5.74, 6) is -0.495. The van der Waals surface area contributed by atoms with Crippen LogP contribution in [0.3, 0.4) is 0 Å². The number of nitro groups is 1. The molecule has 1 aliphatic rings. The molecule has 0 spiro atoms. The van der Waals surface area contributed by atoms with Crippen LogP contribution in [0.5, 0.6) is 0 Å². The molecule has 0 saturated carbocycles. The summed E-state index contributed by atoms with van der Waals surface area (Å²) in [4.78, 5) is 37.1. The van der Waals surface area contributed by atoms with Crippen LogP contribution in [0.1, 0.15) is 53.9 Å². The Hall–Kier alpha value is -1.72. The molecule has 3 atom stereocenters. The summed E-state index contributed by atoms with van der Waals surface area (Å²) in [5.41, 5.74) is 0. The maximum absolute atomic E-state index is 12.8. The second kappa shape index (κ2) is 12.5. The number of hydrogen-bond acceptors (Lipinski definition) is 8. The van der Waals surface area contributed by atoms with Gasteiger partial charge in [-0.1, -0.05) is 34.1 Å². The lowest BCUT2D eigenvalue weighted by molar-refractivity contribution is -0.484. The Labute approximate surface area is 192 Å². The second-order valence-corrected chi connectivity index (χ2v) is 14.5. The summed E-state index contributed by atoms with van der Waals surface area (Å²) >= 11 is 0. The highest BCUT2D eigenvalue weighted by atomic mass is 28.4. The van der Waals surface area contributed by atoms with Gasteiger partial charge in [0.15, 0.2) is 8.32 Å². The number of nitrogens with one attached hydrogen (secondary N) is 1. The van der Waals surface area contributed by atoms with Gasteiger partial charge in [0, 0.05) is 11.5 Å². The second-order valence-electron chi connectivity index (χ2n) is 9.73. The number of ether oxygens (including phenoxy) is 2. The van der Waals surface area contributed by atoms with Gasteiger partial charge in [0.1, 0.15) is 0 Å². The molecule has 1 fully saturated rings. The van der Waals surface area contributed by atoms with Gasteiger partial charge in [-0.2, -0.15) is 0 Å². The van der Waals surface area contributed by atoms with E-state index in [-0.39, 0.29) is 24.3 Å². The summed E-state index contributed by atoms with van der Waals surface area (Å²) in [7, 11) is -2.12. The van der Waals surface area contributed by atoms with Crippen LogP contribution in [0.25, 0.3) is 0 Å². The van der Waals surface area contributed by atoms with Gasteiger partial charge in [0.2, 0.25) is 6.54 Å². The average molecular weight is 476 g/mol. The zero-order valence-corrected chi connectivity index (χ0v) is 21.6. The van der Waals surface area contributed by atoms with E-state index in [1.54, 1.807) is 6.92 Å². The average Bonchev–Trinajstić information content (AvgIpc) is 3.07. The first-order valence-electron chi connectivity index (χ1n) is 11.4. The maximum Gasteiger partial charge on any atom is 0.410 e. The van der Waals surface area contributed by atoms with Crippen molar-refractivity contribution in [3.8, 4) is 0 Å². The molecule has 0 aromatic heterocycles. The minimum atomic E-state index is -2.12. The van der Waals surface area contributed by atoms with E-state index >= 15 is 0 Å². The molecule has 11 heteroatoms. The SMILES string of the molecule is CCCCOC(=O)N1CC(O[Si](C)(C)C(C)(C)C)CC1C(C[N+](=O)[O-])NCC(=O)OCC. The largest absolute Gasteiger partial charge is 0.465 e. The molecule has 0 aliphatic carbocycles. The van der Waals surface area contributed by atoms with Gasteiger partial charge in [0.25, 0.3) is 0 Å². The van der Waals surface area contributed by atoms with E-state index in [9.17, 15) is 19.7 Å². The van der Waals surface area contributed by atoms with Gasteiger partial charge in [-0.3, -0.25) is 20.2 Å². The summed E-state index contributed by atoms with van der Waals surface area (Å²) in [6.07, 6.45) is 1.31. The van der Waals surface area contributed by atoms with Crippen LogP contribution in [-0.2, 0) is 18.7 Å². The van der Waals surface area contributed by atoms with E-state index in [0.29, 0.717) is 19.6 Å². The van der Waals surface area contributed by atoms with E-state index < -0.39 is 43.9 Å². The standard InChI is InChI=1S/C21H41N3O7Si/c1-8-10-11-30-20(26)23-14-16(31-32(6,7)21(3,4)5)12-18(23)17(15-24(27)28)22-13-19(25)29-9-2/h16-18,22H,8-15H2,1-7H3. The van der Waals surface area contributed by atoms with Crippen LogP contribution in [0.15, 0.2) is 0 Å². The lowest BCUT2D eigenvalue weighted by Crippen LogP contribution is -2.53. The monoisotopic (exact) mass is 475 g/mol. The molecule has 1 aliphatic heterocycles. The third kappa shape index (κ3) is 8.66. The van der Waals surface area contributed by atoms with E-state index in [2.05, 4.69) is 39.2 Å². The van der Waals surface area contributed by atoms with Crippen molar-refractivity contribution in [3.05, 3.63) is 10.1 Å². The Morgan fingerprint density at radius 1 is 1.25 bits per heavy atom. The predicted octanol–water partition coefficient (Wildman–Crippen LogP) is 3.19. The first-order chi connectivity index (χ1) is 14.8. The molecule has 1 heterocycles. The van der Waals surface area contributed by atoms with Crippen LogP contribution in [0.4, 0.5) is 4.79 Å².